The summed E-state index contributed by atoms with van der Waals surface area (Å²) >= 11 is 0. The molecule has 0 atom stereocenters. The van der Waals surface area contributed by atoms with Gasteiger partial charge in [-0.05, 0) is 0 Å². The topological polar surface area (TPSA) is 129 Å². The van der Waals surface area contributed by atoms with Crippen molar-refractivity contribution < 1.29 is 53.7 Å². The third-order valence-corrected chi connectivity index (χ3v) is 0.967. The molecule has 16 heavy (non-hydrogen) atoms. The molecule has 10 heteroatoms. The van der Waals surface area contributed by atoms with Gasteiger partial charge in [0.2, 0.25) is 0 Å². The molecule has 0 radical (unpaired) electrons. The minimum absolute atomic E-state index is 0. The monoisotopic (exact) mass is 281 g/mol. The summed E-state index contributed by atoms with van der Waals surface area (Å²) in [6.07, 6.45) is 0. The Morgan fingerprint density at radius 3 is 1.56 bits per heavy atom. The van der Waals surface area contributed by atoms with Crippen molar-refractivity contribution >= 4 is 51.2 Å². The van der Waals surface area contributed by atoms with Crippen molar-refractivity contribution in [1.82, 2.24) is 0 Å². The van der Waals surface area contributed by atoms with Crippen molar-refractivity contribution in [3.05, 3.63) is 40.4 Å². The Kier molecular flexibility index (Phi) is 15.4. The average molecular weight is 281 g/mol. The van der Waals surface area contributed by atoms with Crippen molar-refractivity contribution in [1.29, 1.82) is 0 Å². The molecule has 0 aliphatic heterocycles. The molecule has 0 aliphatic carbocycles. The Labute approximate surface area is 144 Å². The van der Waals surface area contributed by atoms with Gasteiger partial charge >= 0.3 is 67.3 Å². The van der Waals surface area contributed by atoms with Gasteiger partial charge in [-0.15, -0.1) is 0 Å². The van der Waals surface area contributed by atoms with E-state index in [2.05, 4.69) is 0 Å². The molecule has 0 amide bonds. The number of hydrogen-bond acceptors (Lipinski definition) is 6. The number of para-hydroxylation sites is 1. The van der Waals surface area contributed by atoms with E-state index in [0.29, 0.717) is 0 Å². The van der Waals surface area contributed by atoms with Crippen molar-refractivity contribution in [3.63, 3.8) is 0 Å². The van der Waals surface area contributed by atoms with Crippen LogP contribution in [0.3, 0.4) is 0 Å². The van der Waals surface area contributed by atoms with Gasteiger partial charge in [-0.25, -0.2) is 0 Å². The maximum Gasteiger partial charge on any atom is 2.00 e. The Morgan fingerprint density at radius 1 is 1.06 bits per heavy atom. The first kappa shape index (κ1) is 22.2. The number of rotatable bonds is 1. The van der Waals surface area contributed by atoms with Gasteiger partial charge in [0, 0.05) is 12.1 Å². The maximum absolute atomic E-state index is 10.0. The predicted octanol–water partition coefficient (Wildman–Crippen LogP) is -4.61. The Hall–Kier alpha value is 0.990. The van der Waals surface area contributed by atoms with Crippen LogP contribution in [0, 0.1) is 10.1 Å². The summed E-state index contributed by atoms with van der Waals surface area (Å²) in [5.74, 6) is 0. The summed E-state index contributed by atoms with van der Waals surface area (Å²) < 4.78 is 8.55. The summed E-state index contributed by atoms with van der Waals surface area (Å²) in [5.41, 5.74) is 0.137. The summed E-state index contributed by atoms with van der Waals surface area (Å²) in [6, 6.07) is 7.93. The zero-order valence-electron chi connectivity index (χ0n) is 8.44. The van der Waals surface area contributed by atoms with Crippen LogP contribution in [-0.2, 0) is 4.57 Å². The molecule has 0 bridgehead atoms. The Bertz CT molecular complexity index is 336. The average Bonchev–Trinajstić information content (AvgIpc) is 2.03. The first-order chi connectivity index (χ1) is 6.30. The van der Waals surface area contributed by atoms with Crippen LogP contribution in [0.25, 0.3) is 0 Å². The molecule has 0 fully saturated rings. The number of nitro groups is 1. The SMILES string of the molecule is O=P([O-])([O-])[O-].O=[N+]([O-])c1ccccc1.[Ca+2].[Na+]. The molecule has 1 aromatic rings. The van der Waals surface area contributed by atoms with Crippen molar-refractivity contribution in [2.75, 3.05) is 0 Å². The zero-order chi connectivity index (χ0) is 11.2. The minimum atomic E-state index is -5.39. The molecule has 1 aromatic carbocycles. The summed E-state index contributed by atoms with van der Waals surface area (Å²) in [5, 5.41) is 10.0. The molecule has 0 N–H and O–H groups in total. The molecule has 7 nitrogen and oxygen atoms in total. The van der Waals surface area contributed by atoms with Crippen LogP contribution < -0.4 is 44.2 Å². The summed E-state index contributed by atoms with van der Waals surface area (Å²) in [4.78, 5) is 35.2. The molecule has 0 spiro atoms. The first-order valence-electron chi connectivity index (χ1n) is 3.23. The van der Waals surface area contributed by atoms with E-state index < -0.39 is 12.7 Å². The van der Waals surface area contributed by atoms with Crippen molar-refractivity contribution in [2.45, 2.75) is 0 Å². The van der Waals surface area contributed by atoms with Gasteiger partial charge < -0.3 is 19.2 Å². The second-order valence-electron chi connectivity index (χ2n) is 2.04. The molecular weight excluding hydrogens is 276 g/mol. The van der Waals surface area contributed by atoms with E-state index in [1.54, 1.807) is 18.2 Å². The van der Waals surface area contributed by atoms with E-state index in [4.69, 9.17) is 19.2 Å². The van der Waals surface area contributed by atoms with Gasteiger partial charge in [0.15, 0.2) is 0 Å². The second-order valence-corrected chi connectivity index (χ2v) is 2.93. The Balaban J connectivity index is -0.000000214. The van der Waals surface area contributed by atoms with E-state index in [9.17, 15) is 10.1 Å². The van der Waals surface area contributed by atoms with Gasteiger partial charge in [-0.2, -0.15) is 7.82 Å². The number of nitrogens with zero attached hydrogens (tertiary/aromatic N) is 1. The largest absolute Gasteiger partial charge is 2.00 e. The molecule has 0 aromatic heterocycles. The molecule has 78 valence electrons. The van der Waals surface area contributed by atoms with Crippen molar-refractivity contribution in [2.24, 2.45) is 0 Å². The predicted molar refractivity (Wildman–Crippen MR) is 46.5 cm³/mol. The quantitative estimate of drug-likeness (QED) is 0.220. The van der Waals surface area contributed by atoms with E-state index in [1.807, 2.05) is 0 Å². The number of benzene rings is 1. The molecule has 0 saturated carbocycles. The fraction of sp³-hybridized carbons (Fsp3) is 0. The number of non-ortho nitro benzene ring substituents is 1. The van der Waals surface area contributed by atoms with Crippen molar-refractivity contribution in [3.8, 4) is 0 Å². The summed E-state index contributed by atoms with van der Waals surface area (Å²) in [7, 11) is -5.39. The van der Waals surface area contributed by atoms with Crippen LogP contribution in [0.2, 0.25) is 0 Å². The minimum Gasteiger partial charge on any atom is -0.822 e. The van der Waals surface area contributed by atoms with Crippen LogP contribution in [-0.4, -0.2) is 42.7 Å². The normalized spacial score (nSPS) is 8.69. The molecular formula is C6H5CaNNaO6P. The van der Waals surface area contributed by atoms with Gasteiger partial charge in [0.25, 0.3) is 5.69 Å². The number of hydrogen-bond donors (Lipinski definition) is 0. The molecule has 0 saturated heterocycles. The van der Waals surface area contributed by atoms with E-state index >= 15 is 0 Å². The van der Waals surface area contributed by atoms with Gasteiger partial charge in [0.1, 0.15) is 0 Å². The van der Waals surface area contributed by atoms with Crippen LogP contribution >= 0.6 is 7.82 Å². The molecule has 0 aliphatic rings. The molecule has 1 rings (SSSR count). The van der Waals surface area contributed by atoms with Gasteiger partial charge in [0.05, 0.1) is 4.92 Å². The zero-order valence-corrected chi connectivity index (χ0v) is 13.5. The van der Waals surface area contributed by atoms with Crippen LogP contribution in [0.4, 0.5) is 5.69 Å². The smallest absolute Gasteiger partial charge is 0.822 e. The van der Waals surface area contributed by atoms with Crippen LogP contribution in [0.1, 0.15) is 0 Å². The van der Waals surface area contributed by atoms with E-state index in [0.717, 1.165) is 0 Å². The van der Waals surface area contributed by atoms with Crippen LogP contribution in [0.5, 0.6) is 0 Å². The van der Waals surface area contributed by atoms with E-state index in [-0.39, 0.29) is 73.0 Å². The molecule has 0 heterocycles. The fourth-order valence-electron chi connectivity index (χ4n) is 0.550. The standard InChI is InChI=1S/C6H5NO2.Ca.Na.H3O4P/c8-7(9)6-4-2-1-3-5-6;;;1-5(2,3)4/h1-5H;;;(H3,1,2,3,4)/q;+2;+1;/p-3. The number of phosphoric acid groups is 1. The van der Waals surface area contributed by atoms with E-state index in [1.165, 1.54) is 12.1 Å². The molecule has 0 unspecified atom stereocenters. The Morgan fingerprint density at radius 2 is 1.38 bits per heavy atom. The number of nitro benzene ring substituents is 1. The third kappa shape index (κ3) is 17.4. The third-order valence-electron chi connectivity index (χ3n) is 0.967. The van der Waals surface area contributed by atoms with Gasteiger partial charge in [-0.3, -0.25) is 10.1 Å². The van der Waals surface area contributed by atoms with Crippen LogP contribution in [0.15, 0.2) is 30.3 Å². The first-order valence-corrected chi connectivity index (χ1v) is 4.69. The summed E-state index contributed by atoms with van der Waals surface area (Å²) in [6.45, 7) is 0. The maximum atomic E-state index is 10.0. The fourth-order valence-corrected chi connectivity index (χ4v) is 0.550. The van der Waals surface area contributed by atoms with Gasteiger partial charge in [-0.1, -0.05) is 18.2 Å². The second kappa shape index (κ2) is 11.1.